The molecule has 0 bridgehead atoms. The average Bonchev–Trinajstić information content (AvgIpc) is 2.49. The maximum Gasteiger partial charge on any atom is 0.296 e. The summed E-state index contributed by atoms with van der Waals surface area (Å²) in [6.45, 7) is 4.24. The van der Waals surface area contributed by atoms with Gasteiger partial charge >= 0.3 is 0 Å². The zero-order valence-corrected chi connectivity index (χ0v) is 14.2. The minimum absolute atomic E-state index is 0.184. The highest BCUT2D eigenvalue weighted by molar-refractivity contribution is 7.86. The van der Waals surface area contributed by atoms with E-state index in [0.29, 0.717) is 6.42 Å². The van der Waals surface area contributed by atoms with E-state index >= 15 is 0 Å². The molecule has 22 heavy (non-hydrogen) atoms. The van der Waals surface area contributed by atoms with Crippen molar-refractivity contribution in [2.24, 2.45) is 0 Å². The number of benzene rings is 1. The highest BCUT2D eigenvalue weighted by Gasteiger charge is 2.13. The Morgan fingerprint density at radius 2 is 1.91 bits per heavy atom. The van der Waals surface area contributed by atoms with Crippen molar-refractivity contribution in [3.8, 4) is 11.8 Å². The second kappa shape index (κ2) is 10.2. The minimum atomic E-state index is -3.64. The lowest BCUT2D eigenvalue weighted by molar-refractivity contribution is 0.313. The summed E-state index contributed by atoms with van der Waals surface area (Å²) in [6.07, 6.45) is 8.39. The number of aryl methyl sites for hydroxylation is 1. The first-order chi connectivity index (χ1) is 10.6. The second-order valence-electron chi connectivity index (χ2n) is 5.06. The molecule has 0 heterocycles. The summed E-state index contributed by atoms with van der Waals surface area (Å²) in [7, 11) is -3.64. The predicted octanol–water partition coefficient (Wildman–Crippen LogP) is 4.23. The standard InChI is InChI=1S/C18H24O3S/c1-3-4-5-6-7-8-9-10-11-16-21-22(19,20)18-14-12-17(2)13-15-18/h8-9,12-15H,3-5,10-11,16H2,1-2H3/b9-8+. The lowest BCUT2D eigenvalue weighted by atomic mass is 10.2. The van der Waals surface area contributed by atoms with Crippen molar-refractivity contribution in [2.45, 2.75) is 50.8 Å². The normalized spacial score (nSPS) is 11.4. The molecule has 0 radical (unpaired) electrons. The van der Waals surface area contributed by atoms with E-state index in [1.165, 1.54) is 0 Å². The highest BCUT2D eigenvalue weighted by atomic mass is 32.2. The van der Waals surface area contributed by atoms with Crippen molar-refractivity contribution in [3.05, 3.63) is 42.0 Å². The molecule has 0 aliphatic rings. The van der Waals surface area contributed by atoms with Crippen LogP contribution in [0.2, 0.25) is 0 Å². The Labute approximate surface area is 134 Å². The van der Waals surface area contributed by atoms with Crippen LogP contribution in [0.1, 0.15) is 44.6 Å². The van der Waals surface area contributed by atoms with Crippen molar-refractivity contribution in [1.82, 2.24) is 0 Å². The zero-order chi connectivity index (χ0) is 16.3. The van der Waals surface area contributed by atoms with Crippen molar-refractivity contribution in [2.75, 3.05) is 6.61 Å². The van der Waals surface area contributed by atoms with Crippen LogP contribution in [0.3, 0.4) is 0 Å². The minimum Gasteiger partial charge on any atom is -0.266 e. The fourth-order valence-electron chi connectivity index (χ4n) is 1.68. The summed E-state index contributed by atoms with van der Waals surface area (Å²) in [5, 5.41) is 0. The number of allylic oxidation sites excluding steroid dienone is 2. The topological polar surface area (TPSA) is 43.4 Å². The predicted molar refractivity (Wildman–Crippen MR) is 90.0 cm³/mol. The molecule has 0 atom stereocenters. The third-order valence-electron chi connectivity index (χ3n) is 3.02. The van der Waals surface area contributed by atoms with Gasteiger partial charge in [0, 0.05) is 6.42 Å². The van der Waals surface area contributed by atoms with Gasteiger partial charge in [0.15, 0.2) is 0 Å². The van der Waals surface area contributed by atoms with E-state index in [2.05, 4.69) is 18.8 Å². The van der Waals surface area contributed by atoms with Crippen LogP contribution >= 0.6 is 0 Å². The summed E-state index contributed by atoms with van der Waals surface area (Å²) < 4.78 is 28.9. The lowest BCUT2D eigenvalue weighted by Gasteiger charge is -2.05. The van der Waals surface area contributed by atoms with Crippen LogP contribution in [0.15, 0.2) is 41.3 Å². The van der Waals surface area contributed by atoms with E-state index in [4.69, 9.17) is 4.18 Å². The van der Waals surface area contributed by atoms with Crippen LogP contribution in [-0.4, -0.2) is 15.0 Å². The maximum atomic E-state index is 11.9. The first kappa shape index (κ1) is 18.5. The lowest BCUT2D eigenvalue weighted by Crippen LogP contribution is -2.07. The third-order valence-corrected chi connectivity index (χ3v) is 4.35. The van der Waals surface area contributed by atoms with Gasteiger partial charge < -0.3 is 0 Å². The zero-order valence-electron chi connectivity index (χ0n) is 13.3. The Bertz CT molecular complexity index is 617. The van der Waals surface area contributed by atoms with Gasteiger partial charge in [-0.2, -0.15) is 8.42 Å². The number of hydrogen-bond acceptors (Lipinski definition) is 3. The second-order valence-corrected chi connectivity index (χ2v) is 6.67. The van der Waals surface area contributed by atoms with Crippen molar-refractivity contribution in [3.63, 3.8) is 0 Å². The van der Waals surface area contributed by atoms with E-state index in [1.54, 1.807) is 24.3 Å². The fourth-order valence-corrected chi connectivity index (χ4v) is 2.62. The van der Waals surface area contributed by atoms with Gasteiger partial charge in [0.1, 0.15) is 0 Å². The Hall–Kier alpha value is -1.57. The summed E-state index contributed by atoms with van der Waals surface area (Å²) in [5.41, 5.74) is 1.02. The molecule has 0 fully saturated rings. The van der Waals surface area contributed by atoms with E-state index in [9.17, 15) is 8.42 Å². The number of unbranched alkanes of at least 4 members (excludes halogenated alkanes) is 3. The van der Waals surface area contributed by atoms with E-state index in [1.807, 2.05) is 19.1 Å². The maximum absolute atomic E-state index is 11.9. The fraction of sp³-hybridized carbons (Fsp3) is 0.444. The van der Waals surface area contributed by atoms with Crippen LogP contribution < -0.4 is 0 Å². The molecule has 0 saturated carbocycles. The molecule has 0 N–H and O–H groups in total. The summed E-state index contributed by atoms with van der Waals surface area (Å²) in [6, 6.07) is 6.65. The molecular formula is C18H24O3S. The Balaban J connectivity index is 2.27. The van der Waals surface area contributed by atoms with E-state index in [-0.39, 0.29) is 11.5 Å². The number of hydrogen-bond donors (Lipinski definition) is 0. The molecule has 4 heteroatoms. The molecule has 3 nitrogen and oxygen atoms in total. The van der Waals surface area contributed by atoms with Gasteiger partial charge in [-0.1, -0.05) is 49.0 Å². The van der Waals surface area contributed by atoms with Crippen LogP contribution in [0.4, 0.5) is 0 Å². The summed E-state index contributed by atoms with van der Waals surface area (Å²) in [5.74, 6) is 6.03. The van der Waals surface area contributed by atoms with Crippen LogP contribution in [0.5, 0.6) is 0 Å². The Morgan fingerprint density at radius 1 is 1.18 bits per heavy atom. The molecule has 0 unspecified atom stereocenters. The van der Waals surface area contributed by atoms with Gasteiger partial charge in [-0.15, -0.1) is 0 Å². The quantitative estimate of drug-likeness (QED) is 0.409. The first-order valence-electron chi connectivity index (χ1n) is 7.66. The molecule has 1 aromatic carbocycles. The van der Waals surface area contributed by atoms with Gasteiger partial charge in [0.05, 0.1) is 11.5 Å². The molecule has 0 spiro atoms. The molecule has 0 amide bonds. The highest BCUT2D eigenvalue weighted by Crippen LogP contribution is 2.13. The molecule has 1 rings (SSSR count). The smallest absolute Gasteiger partial charge is 0.266 e. The Kier molecular flexibility index (Phi) is 8.57. The monoisotopic (exact) mass is 320 g/mol. The van der Waals surface area contributed by atoms with Crippen LogP contribution in [-0.2, 0) is 14.3 Å². The van der Waals surface area contributed by atoms with E-state index < -0.39 is 10.1 Å². The SMILES string of the molecule is CCCCC#C/C=C/CCCOS(=O)(=O)c1ccc(C)cc1. The molecule has 0 aliphatic heterocycles. The van der Waals surface area contributed by atoms with Crippen molar-refractivity contribution >= 4 is 10.1 Å². The first-order valence-corrected chi connectivity index (χ1v) is 9.06. The van der Waals surface area contributed by atoms with E-state index in [0.717, 1.165) is 31.2 Å². The summed E-state index contributed by atoms with van der Waals surface area (Å²) >= 11 is 0. The third kappa shape index (κ3) is 7.44. The van der Waals surface area contributed by atoms with Crippen molar-refractivity contribution < 1.29 is 12.6 Å². The van der Waals surface area contributed by atoms with Gasteiger partial charge in [-0.25, -0.2) is 0 Å². The van der Waals surface area contributed by atoms with Crippen LogP contribution in [0.25, 0.3) is 0 Å². The molecule has 1 aromatic rings. The molecule has 120 valence electrons. The van der Waals surface area contributed by atoms with Crippen LogP contribution in [0, 0.1) is 18.8 Å². The molecule has 0 aromatic heterocycles. The van der Waals surface area contributed by atoms with Gasteiger partial charge in [0.2, 0.25) is 0 Å². The van der Waals surface area contributed by atoms with Gasteiger partial charge in [-0.3, -0.25) is 4.18 Å². The molecular weight excluding hydrogens is 296 g/mol. The average molecular weight is 320 g/mol. The number of rotatable bonds is 8. The van der Waals surface area contributed by atoms with Gasteiger partial charge in [-0.05, 0) is 44.4 Å². The summed E-state index contributed by atoms with van der Waals surface area (Å²) in [4.78, 5) is 0.204. The van der Waals surface area contributed by atoms with Crippen molar-refractivity contribution in [1.29, 1.82) is 0 Å². The molecule has 0 aliphatic carbocycles. The molecule has 0 saturated heterocycles. The largest absolute Gasteiger partial charge is 0.296 e. The van der Waals surface area contributed by atoms with Gasteiger partial charge in [0.25, 0.3) is 10.1 Å². The Morgan fingerprint density at radius 3 is 2.59 bits per heavy atom.